The average molecular weight is 748 g/mol. The van der Waals surface area contributed by atoms with Crippen LogP contribution in [0.15, 0.2) is 136 Å². The zero-order chi connectivity index (χ0) is 35.2. The van der Waals surface area contributed by atoms with E-state index in [-0.39, 0.29) is 10.8 Å². The molecule has 0 unspecified atom stereocenters. The minimum atomic E-state index is 0.0438. The number of halogens is 1. The minimum Gasteiger partial charge on any atom is -0.456 e. The predicted octanol–water partition coefficient (Wildman–Crippen LogP) is 14.7. The summed E-state index contributed by atoms with van der Waals surface area (Å²) in [6.07, 6.45) is 0. The molecular formula is C46H39BrN2OS. The van der Waals surface area contributed by atoms with E-state index in [2.05, 4.69) is 182 Å². The summed E-state index contributed by atoms with van der Waals surface area (Å²) in [4.78, 5) is 2.44. The van der Waals surface area contributed by atoms with Gasteiger partial charge in [0.25, 0.3) is 0 Å². The Morgan fingerprint density at radius 1 is 0.608 bits per heavy atom. The van der Waals surface area contributed by atoms with Gasteiger partial charge in [0.15, 0.2) is 0 Å². The first-order valence-electron chi connectivity index (χ1n) is 17.5. The van der Waals surface area contributed by atoms with E-state index in [9.17, 15) is 0 Å². The van der Waals surface area contributed by atoms with Gasteiger partial charge in [-0.3, -0.25) is 0 Å². The fourth-order valence-corrected chi connectivity index (χ4v) is 9.21. The molecule has 0 bridgehead atoms. The third kappa shape index (κ3) is 5.20. The maximum atomic E-state index is 6.39. The van der Waals surface area contributed by atoms with Gasteiger partial charge in [0.1, 0.15) is 11.2 Å². The van der Waals surface area contributed by atoms with Gasteiger partial charge in [0.2, 0.25) is 0 Å². The molecule has 5 heteroatoms. The molecule has 0 atom stereocenters. The van der Waals surface area contributed by atoms with Gasteiger partial charge in [-0.05, 0) is 98.6 Å². The molecule has 0 N–H and O–H groups in total. The summed E-state index contributed by atoms with van der Waals surface area (Å²) in [6.45, 7) is 13.7. The lowest BCUT2D eigenvalue weighted by atomic mass is 9.86. The number of para-hydroxylation sites is 2. The molecule has 3 heterocycles. The molecule has 9 rings (SSSR count). The third-order valence-electron chi connectivity index (χ3n) is 10.2. The summed E-state index contributed by atoms with van der Waals surface area (Å²) in [7, 11) is 0. The quantitative estimate of drug-likeness (QED) is 0.179. The Bertz CT molecular complexity index is 2790. The van der Waals surface area contributed by atoms with E-state index >= 15 is 0 Å². The van der Waals surface area contributed by atoms with Crippen LogP contribution in [0.25, 0.3) is 59.5 Å². The van der Waals surface area contributed by atoms with Crippen molar-refractivity contribution in [1.29, 1.82) is 0 Å². The lowest BCUT2D eigenvalue weighted by molar-refractivity contribution is 0.590. The molecular weight excluding hydrogens is 708 g/mol. The summed E-state index contributed by atoms with van der Waals surface area (Å²) >= 11 is 5.91. The van der Waals surface area contributed by atoms with E-state index in [0.29, 0.717) is 0 Å². The highest BCUT2D eigenvalue weighted by Gasteiger charge is 2.24. The second-order valence-corrected chi connectivity index (χ2v) is 17.3. The molecule has 0 aliphatic carbocycles. The van der Waals surface area contributed by atoms with Crippen molar-refractivity contribution in [2.45, 2.75) is 52.4 Å². The van der Waals surface area contributed by atoms with Crippen molar-refractivity contribution in [1.82, 2.24) is 4.57 Å². The lowest BCUT2D eigenvalue weighted by Crippen LogP contribution is -2.13. The molecule has 3 nitrogen and oxygen atoms in total. The van der Waals surface area contributed by atoms with Crippen LogP contribution in [0.4, 0.5) is 17.1 Å². The van der Waals surface area contributed by atoms with Gasteiger partial charge in [-0.25, -0.2) is 0 Å². The van der Waals surface area contributed by atoms with Crippen molar-refractivity contribution in [3.63, 3.8) is 0 Å². The van der Waals surface area contributed by atoms with E-state index in [1.165, 1.54) is 32.3 Å². The fourth-order valence-electron chi connectivity index (χ4n) is 7.50. The van der Waals surface area contributed by atoms with Crippen LogP contribution >= 0.6 is 27.3 Å². The maximum absolute atomic E-state index is 6.39. The summed E-state index contributed by atoms with van der Waals surface area (Å²) in [5, 5.41) is 8.14. The summed E-state index contributed by atoms with van der Waals surface area (Å²) in [6, 6.07) is 44.3. The first-order chi connectivity index (χ1) is 24.5. The third-order valence-corrected chi connectivity index (χ3v) is 12.0. The molecule has 0 saturated heterocycles. The summed E-state index contributed by atoms with van der Waals surface area (Å²) < 4.78 is 11.1. The number of rotatable bonds is 4. The molecule has 6 aromatic carbocycles. The number of furan rings is 1. The van der Waals surface area contributed by atoms with Crippen molar-refractivity contribution in [3.8, 4) is 5.69 Å². The zero-order valence-corrected chi connectivity index (χ0v) is 32.1. The average Bonchev–Trinajstić information content (AvgIpc) is 3.80. The van der Waals surface area contributed by atoms with Crippen molar-refractivity contribution in [2.24, 2.45) is 0 Å². The molecule has 3 aromatic heterocycles. The van der Waals surface area contributed by atoms with Crippen LogP contribution in [0.5, 0.6) is 0 Å². The van der Waals surface area contributed by atoms with Crippen LogP contribution in [-0.2, 0) is 10.8 Å². The molecule has 252 valence electrons. The van der Waals surface area contributed by atoms with Crippen molar-refractivity contribution < 1.29 is 4.42 Å². The topological polar surface area (TPSA) is 21.3 Å². The largest absolute Gasteiger partial charge is 0.456 e. The SMILES string of the molecule is CC(C)(C)c1ccc(N(c2cccc(-n3c4ccccc4c4cc5oc6ccccc6c5c(Br)c43)c2)c2csc3ccc(C(C)(C)C)cc23)cc1. The van der Waals surface area contributed by atoms with Crippen LogP contribution in [0, 0.1) is 0 Å². The smallest absolute Gasteiger partial charge is 0.137 e. The summed E-state index contributed by atoms with van der Waals surface area (Å²) in [5.41, 5.74) is 11.3. The predicted molar refractivity (Wildman–Crippen MR) is 223 cm³/mol. The van der Waals surface area contributed by atoms with E-state index in [1.54, 1.807) is 11.3 Å². The van der Waals surface area contributed by atoms with Crippen LogP contribution in [0.3, 0.4) is 0 Å². The number of hydrogen-bond donors (Lipinski definition) is 0. The Labute approximate surface area is 310 Å². The number of fused-ring (bicyclic) bond motifs is 7. The number of thiophene rings is 1. The molecule has 0 fully saturated rings. The van der Waals surface area contributed by atoms with Crippen molar-refractivity contribution >= 4 is 98.2 Å². The molecule has 0 radical (unpaired) electrons. The van der Waals surface area contributed by atoms with Gasteiger partial charge in [-0.15, -0.1) is 11.3 Å². The fraction of sp³-hybridized carbons (Fsp3) is 0.174. The maximum Gasteiger partial charge on any atom is 0.137 e. The van der Waals surface area contributed by atoms with Crippen molar-refractivity contribution in [2.75, 3.05) is 4.90 Å². The highest BCUT2D eigenvalue weighted by molar-refractivity contribution is 9.10. The lowest BCUT2D eigenvalue weighted by Gasteiger charge is -2.27. The Hall–Kier alpha value is -4.84. The van der Waals surface area contributed by atoms with E-state index in [1.807, 2.05) is 12.1 Å². The minimum absolute atomic E-state index is 0.0438. The van der Waals surface area contributed by atoms with Gasteiger partial charge in [0.05, 0.1) is 21.2 Å². The number of aromatic nitrogens is 1. The standard InChI is InChI=1S/C46H39BrN2OS/c1-45(2,3)28-18-21-30(22-19-28)48(38-27-51-41-23-20-29(24-36(38)41)46(4,5)6)31-12-11-13-32(25-31)49-37-16-9-7-14-33(37)35-26-40-42(43(47)44(35)49)34-15-8-10-17-39(34)50-40/h7-27H,1-6H3. The van der Waals surface area contributed by atoms with E-state index in [4.69, 9.17) is 4.42 Å². The first kappa shape index (κ1) is 32.1. The summed E-state index contributed by atoms with van der Waals surface area (Å²) in [5.74, 6) is 0. The number of anilines is 3. The Morgan fingerprint density at radius 2 is 1.31 bits per heavy atom. The normalized spacial score (nSPS) is 12.6. The molecule has 0 saturated carbocycles. The molecule has 0 spiro atoms. The van der Waals surface area contributed by atoms with Crippen LogP contribution in [0.2, 0.25) is 0 Å². The molecule has 0 amide bonds. The number of benzene rings is 6. The van der Waals surface area contributed by atoms with Crippen molar-refractivity contribution in [3.05, 3.63) is 142 Å². The van der Waals surface area contributed by atoms with Gasteiger partial charge < -0.3 is 13.9 Å². The van der Waals surface area contributed by atoms with Crippen LogP contribution in [0.1, 0.15) is 52.7 Å². The molecule has 9 aromatic rings. The van der Waals surface area contributed by atoms with Gasteiger partial charge in [-0.2, -0.15) is 0 Å². The second-order valence-electron chi connectivity index (χ2n) is 15.6. The van der Waals surface area contributed by atoms with Gasteiger partial charge >= 0.3 is 0 Å². The highest BCUT2D eigenvalue weighted by Crippen LogP contribution is 2.47. The number of hydrogen-bond acceptors (Lipinski definition) is 3. The molecule has 51 heavy (non-hydrogen) atoms. The van der Waals surface area contributed by atoms with Gasteiger partial charge in [0, 0.05) is 54.1 Å². The zero-order valence-electron chi connectivity index (χ0n) is 29.7. The first-order valence-corrected chi connectivity index (χ1v) is 19.2. The monoisotopic (exact) mass is 746 g/mol. The number of nitrogens with zero attached hydrogens (tertiary/aromatic N) is 2. The van der Waals surface area contributed by atoms with E-state index < -0.39 is 0 Å². The molecule has 0 aliphatic rings. The van der Waals surface area contributed by atoms with Gasteiger partial charge in [-0.1, -0.05) is 102 Å². The Kier molecular flexibility index (Phi) is 7.29. The van der Waals surface area contributed by atoms with Crippen LogP contribution < -0.4 is 4.90 Å². The Balaban J connectivity index is 1.30. The highest BCUT2D eigenvalue weighted by atomic mass is 79.9. The van der Waals surface area contributed by atoms with Crippen LogP contribution in [-0.4, -0.2) is 4.57 Å². The molecule has 0 aliphatic heterocycles. The Morgan fingerprint density at radius 3 is 2.08 bits per heavy atom. The van der Waals surface area contributed by atoms with E-state index in [0.717, 1.165) is 59.9 Å². The second kappa shape index (κ2) is 11.6.